The summed E-state index contributed by atoms with van der Waals surface area (Å²) < 4.78 is 11.1. The van der Waals surface area contributed by atoms with Gasteiger partial charge in [-0.1, -0.05) is 29.8 Å². The van der Waals surface area contributed by atoms with Crippen molar-refractivity contribution in [3.8, 4) is 0 Å². The Morgan fingerprint density at radius 1 is 1.25 bits per heavy atom. The predicted octanol–water partition coefficient (Wildman–Crippen LogP) is 5.04. The van der Waals surface area contributed by atoms with Crippen LogP contribution in [0.3, 0.4) is 0 Å². The summed E-state index contributed by atoms with van der Waals surface area (Å²) in [5.41, 5.74) is 3.04. The zero-order chi connectivity index (χ0) is 19.5. The van der Waals surface area contributed by atoms with Crippen LogP contribution in [0.15, 0.2) is 46.9 Å². The summed E-state index contributed by atoms with van der Waals surface area (Å²) in [5, 5.41) is 4.41. The first-order chi connectivity index (χ1) is 13.7. The van der Waals surface area contributed by atoms with Gasteiger partial charge in [0.15, 0.2) is 5.76 Å². The Balaban J connectivity index is 1.57. The Bertz CT molecular complexity index is 998. The quantitative estimate of drug-likeness (QED) is 0.631. The van der Waals surface area contributed by atoms with Gasteiger partial charge in [0.2, 0.25) is 0 Å². The fourth-order valence-electron chi connectivity index (χ4n) is 3.40. The molecule has 28 heavy (non-hydrogen) atoms. The van der Waals surface area contributed by atoms with Gasteiger partial charge in [-0.15, -0.1) is 0 Å². The van der Waals surface area contributed by atoms with Crippen molar-refractivity contribution >= 4 is 51.6 Å². The van der Waals surface area contributed by atoms with Crippen LogP contribution in [0.2, 0.25) is 5.02 Å². The number of benzene rings is 2. The van der Waals surface area contributed by atoms with Crippen molar-refractivity contribution in [3.63, 3.8) is 0 Å². The maximum atomic E-state index is 12.9. The highest BCUT2D eigenvalue weighted by atomic mass is 35.5. The fourth-order valence-corrected chi connectivity index (χ4v) is 4.61. The molecule has 1 aromatic heterocycles. The molecule has 1 saturated heterocycles. The second-order valence-corrected chi connectivity index (χ2v) is 8.19. The topological polar surface area (TPSA) is 54.7 Å². The van der Waals surface area contributed by atoms with E-state index in [0.29, 0.717) is 22.9 Å². The van der Waals surface area contributed by atoms with Crippen LogP contribution >= 0.6 is 23.4 Å². The smallest absolute Gasteiger partial charge is 0.291 e. The van der Waals surface area contributed by atoms with Gasteiger partial charge in [0.25, 0.3) is 5.91 Å². The van der Waals surface area contributed by atoms with E-state index >= 15 is 0 Å². The van der Waals surface area contributed by atoms with Crippen molar-refractivity contribution in [1.29, 1.82) is 0 Å². The molecule has 0 atom stereocenters. The number of para-hydroxylation sites is 1. The monoisotopic (exact) mass is 416 g/mol. The van der Waals surface area contributed by atoms with Gasteiger partial charge in [0, 0.05) is 48.3 Å². The third-order valence-electron chi connectivity index (χ3n) is 4.75. The van der Waals surface area contributed by atoms with Gasteiger partial charge in [0.1, 0.15) is 5.58 Å². The second kappa shape index (κ2) is 8.47. The Morgan fingerprint density at radius 2 is 2.04 bits per heavy atom. The van der Waals surface area contributed by atoms with Crippen LogP contribution in [0.5, 0.6) is 0 Å². The molecule has 2 aromatic carbocycles. The van der Waals surface area contributed by atoms with Crippen molar-refractivity contribution in [2.45, 2.75) is 6.61 Å². The highest BCUT2D eigenvalue weighted by Gasteiger charge is 2.21. The first-order valence-electron chi connectivity index (χ1n) is 9.10. The van der Waals surface area contributed by atoms with Crippen molar-refractivity contribution < 1.29 is 13.9 Å². The number of hydrogen-bond acceptors (Lipinski definition) is 5. The highest BCUT2D eigenvalue weighted by Crippen LogP contribution is 2.32. The maximum absolute atomic E-state index is 12.9. The largest absolute Gasteiger partial charge is 0.451 e. The van der Waals surface area contributed by atoms with Gasteiger partial charge in [-0.05, 0) is 24.3 Å². The standard InChI is InChI=1S/C21H21ClN2O3S/c1-26-13-16-15-4-2-3-5-19(15)27-20(16)21(25)23-14-6-7-18(17(22)12-14)24-8-10-28-11-9-24/h2-7,12H,8-11,13H2,1H3,(H,23,25). The van der Waals surface area contributed by atoms with E-state index in [0.717, 1.165) is 41.2 Å². The molecule has 0 spiro atoms. The van der Waals surface area contributed by atoms with Crippen LogP contribution in [0.4, 0.5) is 11.4 Å². The van der Waals surface area contributed by atoms with E-state index in [4.69, 9.17) is 20.8 Å². The molecule has 1 aliphatic heterocycles. The minimum Gasteiger partial charge on any atom is -0.451 e. The minimum absolute atomic E-state index is 0.260. The maximum Gasteiger partial charge on any atom is 0.291 e. The molecule has 4 rings (SSSR count). The third kappa shape index (κ3) is 3.85. The number of carbonyl (C=O) groups is 1. The molecule has 1 N–H and O–H groups in total. The van der Waals surface area contributed by atoms with Gasteiger partial charge >= 0.3 is 0 Å². The second-order valence-electron chi connectivity index (χ2n) is 6.56. The zero-order valence-corrected chi connectivity index (χ0v) is 17.1. The third-order valence-corrected chi connectivity index (χ3v) is 6.00. The number of methoxy groups -OCH3 is 1. The summed E-state index contributed by atoms with van der Waals surface area (Å²) in [6, 6.07) is 13.2. The molecular formula is C21H21ClN2O3S. The predicted molar refractivity (Wildman–Crippen MR) is 116 cm³/mol. The number of fused-ring (bicyclic) bond motifs is 1. The SMILES string of the molecule is COCc1c(C(=O)Nc2ccc(N3CCSCC3)c(Cl)c2)oc2ccccc12. The summed E-state index contributed by atoms with van der Waals surface area (Å²) in [7, 11) is 1.60. The molecule has 1 fully saturated rings. The van der Waals surface area contributed by atoms with Crippen LogP contribution in [0.25, 0.3) is 11.0 Å². The number of rotatable bonds is 5. The van der Waals surface area contributed by atoms with E-state index in [1.807, 2.05) is 48.2 Å². The molecule has 1 aliphatic rings. The number of anilines is 2. The number of nitrogens with one attached hydrogen (secondary N) is 1. The zero-order valence-electron chi connectivity index (χ0n) is 15.5. The average Bonchev–Trinajstić information content (AvgIpc) is 3.08. The lowest BCUT2D eigenvalue weighted by Crippen LogP contribution is -2.32. The number of amides is 1. The van der Waals surface area contributed by atoms with Crippen molar-refractivity contribution in [3.05, 3.63) is 58.8 Å². The molecule has 0 bridgehead atoms. The molecular weight excluding hydrogens is 396 g/mol. The van der Waals surface area contributed by atoms with Crippen LogP contribution < -0.4 is 10.2 Å². The Labute approximate surface area is 173 Å². The fraction of sp³-hybridized carbons (Fsp3) is 0.286. The van der Waals surface area contributed by atoms with Gasteiger partial charge in [-0.2, -0.15) is 11.8 Å². The number of halogens is 1. The molecule has 146 valence electrons. The highest BCUT2D eigenvalue weighted by molar-refractivity contribution is 7.99. The van der Waals surface area contributed by atoms with E-state index in [1.165, 1.54) is 0 Å². The lowest BCUT2D eigenvalue weighted by Gasteiger charge is -2.29. The lowest BCUT2D eigenvalue weighted by atomic mass is 10.1. The van der Waals surface area contributed by atoms with Crippen LogP contribution in [-0.2, 0) is 11.3 Å². The molecule has 0 aliphatic carbocycles. The minimum atomic E-state index is -0.318. The summed E-state index contributed by atoms with van der Waals surface area (Å²) in [4.78, 5) is 15.1. The van der Waals surface area contributed by atoms with E-state index in [9.17, 15) is 4.79 Å². The van der Waals surface area contributed by atoms with Gasteiger partial charge in [0.05, 0.1) is 17.3 Å². The molecule has 1 amide bonds. The normalized spacial score (nSPS) is 14.4. The van der Waals surface area contributed by atoms with Crippen LogP contribution in [0.1, 0.15) is 16.1 Å². The summed E-state index contributed by atoms with van der Waals surface area (Å²) in [6.45, 7) is 2.26. The molecule has 0 radical (unpaired) electrons. The summed E-state index contributed by atoms with van der Waals surface area (Å²) in [5.74, 6) is 2.14. The molecule has 0 saturated carbocycles. The number of hydrogen-bond donors (Lipinski definition) is 1. The number of ether oxygens (including phenoxy) is 1. The number of carbonyl (C=O) groups excluding carboxylic acids is 1. The molecule has 2 heterocycles. The van der Waals surface area contributed by atoms with Gasteiger partial charge in [-0.3, -0.25) is 4.79 Å². The molecule has 5 nitrogen and oxygen atoms in total. The first kappa shape index (κ1) is 19.2. The Kier molecular flexibility index (Phi) is 5.80. The van der Waals surface area contributed by atoms with Crippen molar-refractivity contribution in [2.24, 2.45) is 0 Å². The summed E-state index contributed by atoms with van der Waals surface area (Å²) in [6.07, 6.45) is 0. The first-order valence-corrected chi connectivity index (χ1v) is 10.6. The van der Waals surface area contributed by atoms with E-state index in [-0.39, 0.29) is 11.7 Å². The average molecular weight is 417 g/mol. The molecule has 7 heteroatoms. The van der Waals surface area contributed by atoms with E-state index < -0.39 is 0 Å². The summed E-state index contributed by atoms with van der Waals surface area (Å²) >= 11 is 8.45. The Morgan fingerprint density at radius 3 is 2.79 bits per heavy atom. The van der Waals surface area contributed by atoms with Crippen LogP contribution in [-0.4, -0.2) is 37.6 Å². The molecule has 3 aromatic rings. The van der Waals surface area contributed by atoms with Gasteiger partial charge in [-0.25, -0.2) is 0 Å². The van der Waals surface area contributed by atoms with Crippen LogP contribution in [0, 0.1) is 0 Å². The van der Waals surface area contributed by atoms with E-state index in [1.54, 1.807) is 13.2 Å². The number of nitrogens with zero attached hydrogens (tertiary/aromatic N) is 1. The lowest BCUT2D eigenvalue weighted by molar-refractivity contribution is 0.0992. The molecule has 0 unspecified atom stereocenters. The van der Waals surface area contributed by atoms with Crippen molar-refractivity contribution in [2.75, 3.05) is 41.9 Å². The van der Waals surface area contributed by atoms with Crippen molar-refractivity contribution in [1.82, 2.24) is 0 Å². The van der Waals surface area contributed by atoms with Gasteiger partial charge < -0.3 is 19.4 Å². The number of furan rings is 1. The Hall–Kier alpha value is -2.15. The number of thioether (sulfide) groups is 1. The van der Waals surface area contributed by atoms with E-state index in [2.05, 4.69) is 10.2 Å².